The van der Waals surface area contributed by atoms with Crippen molar-refractivity contribution in [2.45, 2.75) is 6.92 Å². The van der Waals surface area contributed by atoms with Gasteiger partial charge in [0.1, 0.15) is 11.5 Å². The first-order valence-electron chi connectivity index (χ1n) is 9.81. The second kappa shape index (κ2) is 9.09. The Hall–Kier alpha value is -4.19. The molecule has 6 heteroatoms. The van der Waals surface area contributed by atoms with Crippen LogP contribution in [0.2, 0.25) is 0 Å². The average molecular weight is 410 g/mol. The van der Waals surface area contributed by atoms with Gasteiger partial charge in [-0.05, 0) is 55.0 Å². The van der Waals surface area contributed by atoms with Crippen LogP contribution in [0.3, 0.4) is 0 Å². The first-order valence-corrected chi connectivity index (χ1v) is 9.81. The van der Waals surface area contributed by atoms with E-state index in [0.717, 1.165) is 28.3 Å². The molecule has 0 bridgehead atoms. The van der Waals surface area contributed by atoms with E-state index in [4.69, 9.17) is 4.74 Å². The fraction of sp³-hybridized carbons (Fsp3) is 0.0800. The van der Waals surface area contributed by atoms with Crippen molar-refractivity contribution in [2.24, 2.45) is 5.10 Å². The molecule has 0 radical (unpaired) electrons. The highest BCUT2D eigenvalue weighted by atomic mass is 16.5. The number of para-hydroxylation sites is 1. The smallest absolute Gasteiger partial charge is 0.244 e. The van der Waals surface area contributed by atoms with Gasteiger partial charge in [-0.3, -0.25) is 0 Å². The Labute approximate surface area is 180 Å². The molecule has 0 atom stereocenters. The van der Waals surface area contributed by atoms with E-state index in [0.29, 0.717) is 17.2 Å². The molecular weight excluding hydrogens is 388 g/mol. The van der Waals surface area contributed by atoms with Gasteiger partial charge in [0.05, 0.1) is 24.2 Å². The summed E-state index contributed by atoms with van der Waals surface area (Å²) in [6.07, 6.45) is 0. The molecule has 3 aromatic carbocycles. The van der Waals surface area contributed by atoms with Crippen molar-refractivity contribution in [1.82, 2.24) is 9.97 Å². The molecule has 1 aromatic heterocycles. The largest absolute Gasteiger partial charge is 0.507 e. The highest BCUT2D eigenvalue weighted by molar-refractivity contribution is 5.99. The number of hydrazone groups is 1. The van der Waals surface area contributed by atoms with Gasteiger partial charge in [-0.1, -0.05) is 42.5 Å². The number of ether oxygens (including phenoxy) is 1. The highest BCUT2D eigenvalue weighted by Gasteiger charge is 2.11. The third kappa shape index (κ3) is 4.70. The van der Waals surface area contributed by atoms with E-state index < -0.39 is 0 Å². The minimum absolute atomic E-state index is 0.157. The lowest BCUT2D eigenvalue weighted by molar-refractivity contribution is 0.415. The summed E-state index contributed by atoms with van der Waals surface area (Å²) in [4.78, 5) is 9.19. The topological polar surface area (TPSA) is 79.6 Å². The zero-order valence-electron chi connectivity index (χ0n) is 17.3. The van der Waals surface area contributed by atoms with Gasteiger partial charge in [-0.25, -0.2) is 15.4 Å². The summed E-state index contributed by atoms with van der Waals surface area (Å²) < 4.78 is 5.20. The number of nitrogens with one attached hydrogen (secondary N) is 1. The number of phenols is 1. The van der Waals surface area contributed by atoms with Crippen LogP contribution in [0.1, 0.15) is 12.5 Å². The van der Waals surface area contributed by atoms with Crippen LogP contribution in [0.15, 0.2) is 90.0 Å². The van der Waals surface area contributed by atoms with E-state index >= 15 is 0 Å². The van der Waals surface area contributed by atoms with Crippen LogP contribution in [0, 0.1) is 0 Å². The molecule has 0 saturated carbocycles. The van der Waals surface area contributed by atoms with Crippen molar-refractivity contribution in [2.75, 3.05) is 12.5 Å². The molecule has 4 aromatic rings. The van der Waals surface area contributed by atoms with Gasteiger partial charge < -0.3 is 9.84 Å². The van der Waals surface area contributed by atoms with E-state index in [-0.39, 0.29) is 5.75 Å². The number of hydrogen-bond acceptors (Lipinski definition) is 6. The molecule has 154 valence electrons. The molecule has 0 saturated heterocycles. The third-order valence-electron chi connectivity index (χ3n) is 4.81. The van der Waals surface area contributed by atoms with Crippen molar-refractivity contribution in [3.05, 3.63) is 90.5 Å². The third-order valence-corrected chi connectivity index (χ3v) is 4.81. The Morgan fingerprint density at radius 3 is 2.26 bits per heavy atom. The summed E-state index contributed by atoms with van der Waals surface area (Å²) in [5.74, 6) is 1.28. The Morgan fingerprint density at radius 1 is 0.871 bits per heavy atom. The first-order chi connectivity index (χ1) is 15.1. The van der Waals surface area contributed by atoms with Crippen LogP contribution < -0.4 is 10.2 Å². The van der Waals surface area contributed by atoms with Crippen LogP contribution in [0.5, 0.6) is 11.5 Å². The molecule has 0 unspecified atom stereocenters. The standard InChI is InChI=1S/C25H22N4O2/c1-17(18-12-14-20(31-2)15-13-18)28-29-25-26-22(19-8-4-3-5-9-19)16-23(27-25)21-10-6-7-11-24(21)30/h3-16,30H,1-2H3,(H,26,27,29)/b28-17-. The number of nitrogens with zero attached hydrogens (tertiary/aromatic N) is 3. The minimum atomic E-state index is 0.157. The number of anilines is 1. The van der Waals surface area contributed by atoms with E-state index in [1.54, 1.807) is 19.2 Å². The number of rotatable bonds is 6. The van der Waals surface area contributed by atoms with Crippen molar-refractivity contribution < 1.29 is 9.84 Å². The average Bonchev–Trinajstić information content (AvgIpc) is 2.83. The fourth-order valence-corrected chi connectivity index (χ4v) is 3.11. The quantitative estimate of drug-likeness (QED) is 0.330. The second-order valence-corrected chi connectivity index (χ2v) is 6.88. The maximum absolute atomic E-state index is 10.3. The van der Waals surface area contributed by atoms with Crippen LogP contribution in [0.25, 0.3) is 22.5 Å². The number of benzene rings is 3. The highest BCUT2D eigenvalue weighted by Crippen LogP contribution is 2.30. The van der Waals surface area contributed by atoms with Gasteiger partial charge in [-0.15, -0.1) is 0 Å². The number of aromatic nitrogens is 2. The van der Waals surface area contributed by atoms with Crippen molar-refractivity contribution in [3.8, 4) is 34.0 Å². The van der Waals surface area contributed by atoms with Crippen LogP contribution in [-0.4, -0.2) is 27.9 Å². The summed E-state index contributed by atoms with van der Waals surface area (Å²) in [7, 11) is 1.64. The summed E-state index contributed by atoms with van der Waals surface area (Å²) in [6.45, 7) is 1.90. The van der Waals surface area contributed by atoms with Crippen LogP contribution >= 0.6 is 0 Å². The Bertz CT molecular complexity index is 1210. The van der Waals surface area contributed by atoms with Gasteiger partial charge in [0, 0.05) is 11.1 Å². The normalized spacial score (nSPS) is 11.2. The lowest BCUT2D eigenvalue weighted by Crippen LogP contribution is -2.04. The van der Waals surface area contributed by atoms with E-state index in [2.05, 4.69) is 20.5 Å². The molecule has 4 rings (SSSR count). The molecule has 0 aliphatic carbocycles. The maximum Gasteiger partial charge on any atom is 0.244 e. The second-order valence-electron chi connectivity index (χ2n) is 6.88. The first kappa shape index (κ1) is 20.1. The molecule has 0 aliphatic rings. The Kier molecular flexibility index (Phi) is 5.89. The molecule has 0 fully saturated rings. The molecule has 6 nitrogen and oxygen atoms in total. The zero-order chi connectivity index (χ0) is 21.6. The van der Waals surface area contributed by atoms with E-state index in [1.165, 1.54) is 0 Å². The minimum Gasteiger partial charge on any atom is -0.507 e. The lowest BCUT2D eigenvalue weighted by atomic mass is 10.1. The fourth-order valence-electron chi connectivity index (χ4n) is 3.11. The Balaban J connectivity index is 1.70. The molecule has 31 heavy (non-hydrogen) atoms. The molecule has 0 amide bonds. The summed E-state index contributed by atoms with van der Waals surface area (Å²) >= 11 is 0. The molecule has 0 aliphatic heterocycles. The maximum atomic E-state index is 10.3. The molecular formula is C25H22N4O2. The van der Waals surface area contributed by atoms with Gasteiger partial charge in [0.15, 0.2) is 0 Å². The number of aromatic hydroxyl groups is 1. The van der Waals surface area contributed by atoms with E-state index in [9.17, 15) is 5.11 Å². The predicted octanol–water partition coefficient (Wildman–Crippen LogP) is 5.36. The van der Waals surface area contributed by atoms with Gasteiger partial charge >= 0.3 is 0 Å². The lowest BCUT2D eigenvalue weighted by Gasteiger charge is -2.10. The number of phenolic OH excluding ortho intramolecular Hbond substituents is 1. The van der Waals surface area contributed by atoms with Crippen LogP contribution in [0.4, 0.5) is 5.95 Å². The molecule has 2 N–H and O–H groups in total. The van der Waals surface area contributed by atoms with Crippen molar-refractivity contribution >= 4 is 11.7 Å². The Morgan fingerprint density at radius 2 is 1.55 bits per heavy atom. The number of hydrogen-bond donors (Lipinski definition) is 2. The predicted molar refractivity (Wildman–Crippen MR) is 123 cm³/mol. The summed E-state index contributed by atoms with van der Waals surface area (Å²) in [5, 5.41) is 14.8. The SMILES string of the molecule is COc1ccc(/C(C)=N\Nc2nc(-c3ccccc3)cc(-c3ccccc3O)n2)cc1. The molecule has 0 spiro atoms. The number of methoxy groups -OCH3 is 1. The zero-order valence-corrected chi connectivity index (χ0v) is 17.3. The van der Waals surface area contributed by atoms with Gasteiger partial charge in [-0.2, -0.15) is 5.10 Å². The van der Waals surface area contributed by atoms with Gasteiger partial charge in [0.25, 0.3) is 0 Å². The molecule has 1 heterocycles. The summed E-state index contributed by atoms with van der Waals surface area (Å²) in [5.41, 5.74) is 7.60. The van der Waals surface area contributed by atoms with Crippen LogP contribution in [-0.2, 0) is 0 Å². The van der Waals surface area contributed by atoms with Crippen molar-refractivity contribution in [3.63, 3.8) is 0 Å². The van der Waals surface area contributed by atoms with E-state index in [1.807, 2.05) is 79.7 Å². The summed E-state index contributed by atoms with van der Waals surface area (Å²) in [6, 6.07) is 26.4. The monoisotopic (exact) mass is 410 g/mol. The van der Waals surface area contributed by atoms with Crippen molar-refractivity contribution in [1.29, 1.82) is 0 Å². The van der Waals surface area contributed by atoms with Gasteiger partial charge in [0.2, 0.25) is 5.95 Å².